The minimum atomic E-state index is 0.562. The minimum Gasteiger partial charge on any atom is -0.306 e. The number of likely N-dealkylation sites (tertiary alicyclic amines) is 1. The molecule has 0 spiro atoms. The Morgan fingerprint density at radius 1 is 1.44 bits per heavy atom. The molecular formula is C14H20N4. The van der Waals surface area contributed by atoms with Crippen molar-refractivity contribution < 1.29 is 0 Å². The van der Waals surface area contributed by atoms with Crippen molar-refractivity contribution in [2.45, 2.75) is 25.4 Å². The van der Waals surface area contributed by atoms with Gasteiger partial charge in [0, 0.05) is 24.3 Å². The van der Waals surface area contributed by atoms with Crippen molar-refractivity contribution >= 4 is 0 Å². The standard InChI is InChI=1S/C14H20N4/c1-17(2)13-5-8-18(9-6-13)11-12-4-3-7-16-14(12)10-15/h3-4,7,13H,5-6,8-9,11H2,1-2H3. The van der Waals surface area contributed by atoms with Crippen LogP contribution in [-0.2, 0) is 6.54 Å². The first-order valence-corrected chi connectivity index (χ1v) is 6.43. The van der Waals surface area contributed by atoms with E-state index in [9.17, 15) is 0 Å². The lowest BCUT2D eigenvalue weighted by Gasteiger charge is -2.35. The van der Waals surface area contributed by atoms with Gasteiger partial charge in [0.05, 0.1) is 0 Å². The Bertz CT molecular complexity index is 428. The highest BCUT2D eigenvalue weighted by molar-refractivity contribution is 5.30. The molecule has 0 aliphatic carbocycles. The lowest BCUT2D eigenvalue weighted by Crippen LogP contribution is -2.41. The third-order valence-corrected chi connectivity index (χ3v) is 3.68. The monoisotopic (exact) mass is 244 g/mol. The average Bonchev–Trinajstić information content (AvgIpc) is 2.40. The first-order chi connectivity index (χ1) is 8.70. The van der Waals surface area contributed by atoms with E-state index >= 15 is 0 Å². The fraction of sp³-hybridized carbons (Fsp3) is 0.571. The molecule has 4 heteroatoms. The summed E-state index contributed by atoms with van der Waals surface area (Å²) in [4.78, 5) is 8.83. The Balaban J connectivity index is 1.94. The second kappa shape index (κ2) is 5.94. The molecule has 0 amide bonds. The van der Waals surface area contributed by atoms with Gasteiger partial charge in [0.25, 0.3) is 0 Å². The fourth-order valence-corrected chi connectivity index (χ4v) is 2.50. The second-order valence-electron chi connectivity index (χ2n) is 5.09. The average molecular weight is 244 g/mol. The van der Waals surface area contributed by atoms with Crippen LogP contribution in [0.5, 0.6) is 0 Å². The van der Waals surface area contributed by atoms with Crippen molar-refractivity contribution in [1.29, 1.82) is 5.26 Å². The fourth-order valence-electron chi connectivity index (χ4n) is 2.50. The van der Waals surface area contributed by atoms with Crippen LogP contribution in [0.2, 0.25) is 0 Å². The van der Waals surface area contributed by atoms with Crippen LogP contribution in [0.1, 0.15) is 24.1 Å². The highest BCUT2D eigenvalue weighted by Gasteiger charge is 2.21. The molecule has 1 fully saturated rings. The molecule has 0 radical (unpaired) electrons. The lowest BCUT2D eigenvalue weighted by atomic mass is 10.0. The van der Waals surface area contributed by atoms with Crippen molar-refractivity contribution in [2.24, 2.45) is 0 Å². The molecule has 0 N–H and O–H groups in total. The summed E-state index contributed by atoms with van der Waals surface area (Å²) in [5.74, 6) is 0. The van der Waals surface area contributed by atoms with E-state index in [1.54, 1.807) is 6.20 Å². The maximum Gasteiger partial charge on any atom is 0.144 e. The molecule has 18 heavy (non-hydrogen) atoms. The molecule has 2 heterocycles. The third kappa shape index (κ3) is 3.06. The van der Waals surface area contributed by atoms with E-state index in [1.165, 1.54) is 12.8 Å². The zero-order valence-corrected chi connectivity index (χ0v) is 11.1. The molecule has 1 saturated heterocycles. The molecular weight excluding hydrogens is 224 g/mol. The second-order valence-corrected chi connectivity index (χ2v) is 5.09. The van der Waals surface area contributed by atoms with E-state index < -0.39 is 0 Å². The van der Waals surface area contributed by atoms with Crippen molar-refractivity contribution in [3.05, 3.63) is 29.6 Å². The van der Waals surface area contributed by atoms with Gasteiger partial charge in [0.15, 0.2) is 0 Å². The van der Waals surface area contributed by atoms with E-state index in [0.29, 0.717) is 11.7 Å². The van der Waals surface area contributed by atoms with E-state index in [-0.39, 0.29) is 0 Å². The van der Waals surface area contributed by atoms with E-state index in [0.717, 1.165) is 25.2 Å². The highest BCUT2D eigenvalue weighted by Crippen LogP contribution is 2.17. The molecule has 96 valence electrons. The molecule has 4 nitrogen and oxygen atoms in total. The van der Waals surface area contributed by atoms with Crippen LogP contribution in [0.4, 0.5) is 0 Å². The molecule has 1 aromatic heterocycles. The van der Waals surface area contributed by atoms with Gasteiger partial charge in [0.1, 0.15) is 11.8 Å². The van der Waals surface area contributed by atoms with Crippen molar-refractivity contribution in [2.75, 3.05) is 27.2 Å². The first kappa shape index (κ1) is 13.0. The molecule has 0 unspecified atom stereocenters. The van der Waals surface area contributed by atoms with E-state index in [4.69, 9.17) is 5.26 Å². The Morgan fingerprint density at radius 3 is 2.78 bits per heavy atom. The quantitative estimate of drug-likeness (QED) is 0.808. The van der Waals surface area contributed by atoms with Crippen LogP contribution in [0.3, 0.4) is 0 Å². The van der Waals surface area contributed by atoms with Crippen molar-refractivity contribution in [3.63, 3.8) is 0 Å². The van der Waals surface area contributed by atoms with Crippen LogP contribution in [0.15, 0.2) is 18.3 Å². The number of hydrogen-bond acceptors (Lipinski definition) is 4. The van der Waals surface area contributed by atoms with Crippen LogP contribution < -0.4 is 0 Å². The molecule has 1 aliphatic rings. The smallest absolute Gasteiger partial charge is 0.144 e. The van der Waals surface area contributed by atoms with Crippen LogP contribution >= 0.6 is 0 Å². The number of aromatic nitrogens is 1. The van der Waals surface area contributed by atoms with Gasteiger partial charge in [-0.25, -0.2) is 4.98 Å². The summed E-state index contributed by atoms with van der Waals surface area (Å²) < 4.78 is 0. The predicted octanol–water partition coefficient (Wildman–Crippen LogP) is 1.48. The van der Waals surface area contributed by atoms with Gasteiger partial charge in [-0.15, -0.1) is 0 Å². The van der Waals surface area contributed by atoms with Crippen molar-refractivity contribution in [1.82, 2.24) is 14.8 Å². The van der Waals surface area contributed by atoms with Crippen LogP contribution in [0.25, 0.3) is 0 Å². The molecule has 1 aliphatic heterocycles. The topological polar surface area (TPSA) is 43.2 Å². The zero-order valence-electron chi connectivity index (χ0n) is 11.1. The first-order valence-electron chi connectivity index (χ1n) is 6.43. The van der Waals surface area contributed by atoms with E-state index in [1.807, 2.05) is 12.1 Å². The summed E-state index contributed by atoms with van der Waals surface area (Å²) in [6.45, 7) is 3.04. The summed E-state index contributed by atoms with van der Waals surface area (Å²) in [5.41, 5.74) is 1.61. The Morgan fingerprint density at radius 2 is 2.17 bits per heavy atom. The SMILES string of the molecule is CN(C)C1CCN(Cc2cccnc2C#N)CC1. The van der Waals surface area contributed by atoms with Gasteiger partial charge in [0.2, 0.25) is 0 Å². The predicted molar refractivity (Wildman–Crippen MR) is 70.9 cm³/mol. The summed E-state index contributed by atoms with van der Waals surface area (Å²) in [7, 11) is 4.30. The Hall–Kier alpha value is -1.44. The maximum atomic E-state index is 9.03. The molecule has 2 rings (SSSR count). The van der Waals surface area contributed by atoms with Gasteiger partial charge in [-0.2, -0.15) is 5.26 Å². The molecule has 0 aromatic carbocycles. The summed E-state index contributed by atoms with van der Waals surface area (Å²) >= 11 is 0. The summed E-state index contributed by atoms with van der Waals surface area (Å²) in [6.07, 6.45) is 4.09. The van der Waals surface area contributed by atoms with Gasteiger partial charge < -0.3 is 4.90 Å². The largest absolute Gasteiger partial charge is 0.306 e. The number of nitriles is 1. The van der Waals surface area contributed by atoms with Gasteiger partial charge in [-0.05, 0) is 46.1 Å². The lowest BCUT2D eigenvalue weighted by molar-refractivity contribution is 0.140. The minimum absolute atomic E-state index is 0.562. The molecule has 1 aromatic rings. The zero-order chi connectivity index (χ0) is 13.0. The van der Waals surface area contributed by atoms with Gasteiger partial charge in [-0.3, -0.25) is 4.90 Å². The van der Waals surface area contributed by atoms with Crippen molar-refractivity contribution in [3.8, 4) is 6.07 Å². The number of pyridine rings is 1. The Labute approximate surface area is 109 Å². The van der Waals surface area contributed by atoms with Crippen LogP contribution in [-0.4, -0.2) is 48.0 Å². The number of nitrogens with zero attached hydrogens (tertiary/aromatic N) is 4. The number of hydrogen-bond donors (Lipinski definition) is 0. The number of piperidine rings is 1. The van der Waals surface area contributed by atoms with E-state index in [2.05, 4.69) is 34.9 Å². The third-order valence-electron chi connectivity index (χ3n) is 3.68. The highest BCUT2D eigenvalue weighted by atomic mass is 15.2. The van der Waals surface area contributed by atoms with Crippen LogP contribution in [0, 0.1) is 11.3 Å². The molecule has 0 atom stereocenters. The molecule has 0 saturated carbocycles. The molecule has 0 bridgehead atoms. The number of rotatable bonds is 3. The maximum absolute atomic E-state index is 9.03. The van der Waals surface area contributed by atoms with Gasteiger partial charge >= 0.3 is 0 Å². The summed E-state index contributed by atoms with van der Waals surface area (Å²) in [5, 5.41) is 9.03. The summed E-state index contributed by atoms with van der Waals surface area (Å²) in [6, 6.07) is 6.77. The van der Waals surface area contributed by atoms with Gasteiger partial charge in [-0.1, -0.05) is 6.07 Å². The normalized spacial score (nSPS) is 17.9. The Kier molecular flexibility index (Phi) is 4.29.